The first-order chi connectivity index (χ1) is 4.33. The third-order valence-electron chi connectivity index (χ3n) is 0.898. The van der Waals surface area contributed by atoms with Crippen molar-refractivity contribution in [3.8, 4) is 0 Å². The van der Waals surface area contributed by atoms with Gasteiger partial charge in [0.2, 0.25) is 0 Å². The highest BCUT2D eigenvalue weighted by Gasteiger charge is 1.94. The van der Waals surface area contributed by atoms with Crippen LogP contribution in [-0.4, -0.2) is 12.0 Å². The molecule has 1 rings (SSSR count). The molecule has 3 nitrogen and oxygen atoms in total. The van der Waals surface area contributed by atoms with E-state index in [-0.39, 0.29) is 0 Å². The van der Waals surface area contributed by atoms with E-state index >= 15 is 0 Å². The summed E-state index contributed by atoms with van der Waals surface area (Å²) in [6, 6.07) is 0. The highest BCUT2D eigenvalue weighted by molar-refractivity contribution is 7.09. The van der Waals surface area contributed by atoms with Gasteiger partial charge in [-0.25, -0.2) is 4.98 Å². The van der Waals surface area contributed by atoms with Gasteiger partial charge < -0.3 is 11.1 Å². The van der Waals surface area contributed by atoms with Crippen LogP contribution in [0.3, 0.4) is 0 Å². The summed E-state index contributed by atoms with van der Waals surface area (Å²) in [6.07, 6.45) is 0. The van der Waals surface area contributed by atoms with Crippen molar-refractivity contribution in [3.63, 3.8) is 0 Å². The van der Waals surface area contributed by atoms with E-state index in [0.29, 0.717) is 5.82 Å². The number of nitrogens with two attached hydrogens (primary N) is 1. The van der Waals surface area contributed by atoms with Gasteiger partial charge in [-0.2, -0.15) is 0 Å². The molecule has 0 spiro atoms. The number of rotatable bonds is 2. The average Bonchev–Trinajstić information content (AvgIpc) is 2.17. The molecule has 50 valence electrons. The zero-order valence-corrected chi connectivity index (χ0v) is 6.03. The Morgan fingerprint density at radius 1 is 1.89 bits per heavy atom. The number of nitrogens with zero attached hydrogens (tertiary/aromatic N) is 1. The molecular weight excluding hydrogens is 134 g/mol. The van der Waals surface area contributed by atoms with Crippen molar-refractivity contribution in [2.24, 2.45) is 0 Å². The summed E-state index contributed by atoms with van der Waals surface area (Å²) in [4.78, 5) is 4.03. The Morgan fingerprint density at radius 3 is 3.11 bits per heavy atom. The zero-order valence-electron chi connectivity index (χ0n) is 5.22. The van der Waals surface area contributed by atoms with Gasteiger partial charge in [0.15, 0.2) is 0 Å². The number of aromatic nitrogens is 1. The second kappa shape index (κ2) is 2.80. The maximum Gasteiger partial charge on any atom is 0.134 e. The maximum atomic E-state index is 5.38. The van der Waals surface area contributed by atoms with Crippen molar-refractivity contribution >= 4 is 17.2 Å². The largest absolute Gasteiger partial charge is 0.383 e. The number of hydrogen-bond donors (Lipinski definition) is 2. The lowest BCUT2D eigenvalue weighted by molar-refractivity contribution is 0.811. The Morgan fingerprint density at radius 2 is 2.67 bits per heavy atom. The van der Waals surface area contributed by atoms with E-state index in [9.17, 15) is 0 Å². The fraction of sp³-hybridized carbons (Fsp3) is 0.400. The van der Waals surface area contributed by atoms with Crippen LogP contribution in [0.15, 0.2) is 5.38 Å². The van der Waals surface area contributed by atoms with Gasteiger partial charge in [0.25, 0.3) is 0 Å². The van der Waals surface area contributed by atoms with Crippen LogP contribution in [0.25, 0.3) is 0 Å². The molecule has 0 amide bonds. The minimum Gasteiger partial charge on any atom is -0.383 e. The maximum absolute atomic E-state index is 5.38. The predicted octanol–water partition coefficient (Wildman–Crippen LogP) is 0.445. The highest BCUT2D eigenvalue weighted by Crippen LogP contribution is 2.09. The molecule has 0 bridgehead atoms. The molecule has 0 aliphatic heterocycles. The molecule has 1 heterocycles. The first-order valence-corrected chi connectivity index (χ1v) is 3.55. The van der Waals surface area contributed by atoms with E-state index in [1.165, 1.54) is 0 Å². The minimum absolute atomic E-state index is 0.616. The van der Waals surface area contributed by atoms with Crippen molar-refractivity contribution in [2.75, 3.05) is 12.8 Å². The molecule has 0 aliphatic carbocycles. The molecule has 1 aromatic heterocycles. The Bertz CT molecular complexity index is 184. The van der Waals surface area contributed by atoms with Gasteiger partial charge in [-0.3, -0.25) is 0 Å². The van der Waals surface area contributed by atoms with Gasteiger partial charge in [0.05, 0.1) is 0 Å². The topological polar surface area (TPSA) is 50.9 Å². The molecule has 3 N–H and O–H groups in total. The van der Waals surface area contributed by atoms with Crippen LogP contribution in [-0.2, 0) is 6.54 Å². The summed E-state index contributed by atoms with van der Waals surface area (Å²) in [5.41, 5.74) is 5.38. The van der Waals surface area contributed by atoms with E-state index < -0.39 is 0 Å². The van der Waals surface area contributed by atoms with Gasteiger partial charge in [0.1, 0.15) is 10.8 Å². The lowest BCUT2D eigenvalue weighted by Crippen LogP contribution is -2.04. The van der Waals surface area contributed by atoms with Crippen molar-refractivity contribution in [3.05, 3.63) is 10.4 Å². The fourth-order valence-corrected chi connectivity index (χ4v) is 1.25. The van der Waals surface area contributed by atoms with Gasteiger partial charge in [-0.15, -0.1) is 11.3 Å². The first-order valence-electron chi connectivity index (χ1n) is 2.67. The van der Waals surface area contributed by atoms with Crippen LogP contribution in [0, 0.1) is 0 Å². The molecule has 4 heteroatoms. The molecule has 0 aromatic carbocycles. The van der Waals surface area contributed by atoms with Gasteiger partial charge in [-0.05, 0) is 7.05 Å². The van der Waals surface area contributed by atoms with Crippen LogP contribution in [0.5, 0.6) is 0 Å². The van der Waals surface area contributed by atoms with Crippen LogP contribution in [0.1, 0.15) is 5.01 Å². The van der Waals surface area contributed by atoms with Crippen LogP contribution in [0.4, 0.5) is 5.82 Å². The predicted molar refractivity (Wildman–Crippen MR) is 39.3 cm³/mol. The Hall–Kier alpha value is -0.610. The molecular formula is C5H9N3S. The average molecular weight is 143 g/mol. The first kappa shape index (κ1) is 6.51. The smallest absolute Gasteiger partial charge is 0.134 e. The summed E-state index contributed by atoms with van der Waals surface area (Å²) in [5, 5.41) is 5.87. The third kappa shape index (κ3) is 1.65. The second-order valence-electron chi connectivity index (χ2n) is 1.70. The summed E-state index contributed by atoms with van der Waals surface area (Å²) in [6.45, 7) is 0.807. The number of nitrogens with one attached hydrogen (secondary N) is 1. The van der Waals surface area contributed by atoms with Crippen LogP contribution >= 0.6 is 11.3 Å². The molecule has 1 aromatic rings. The quantitative estimate of drug-likeness (QED) is 0.631. The van der Waals surface area contributed by atoms with E-state index in [1.807, 2.05) is 12.4 Å². The van der Waals surface area contributed by atoms with Crippen molar-refractivity contribution < 1.29 is 0 Å². The Balaban J connectivity index is 2.61. The molecule has 0 saturated carbocycles. The van der Waals surface area contributed by atoms with Crippen molar-refractivity contribution in [1.29, 1.82) is 0 Å². The minimum atomic E-state index is 0.616. The van der Waals surface area contributed by atoms with E-state index in [1.54, 1.807) is 11.3 Å². The standard InChI is InChI=1S/C5H9N3S/c1-7-2-5-8-4(6)3-9-5/h3,7H,2,6H2,1H3. The molecule has 0 atom stereocenters. The summed E-state index contributed by atoms with van der Waals surface area (Å²) >= 11 is 1.58. The van der Waals surface area contributed by atoms with Gasteiger partial charge in [-0.1, -0.05) is 0 Å². The van der Waals surface area contributed by atoms with Crippen LogP contribution in [0.2, 0.25) is 0 Å². The molecule has 0 fully saturated rings. The number of anilines is 1. The fourth-order valence-electron chi connectivity index (χ4n) is 0.558. The third-order valence-corrected chi connectivity index (χ3v) is 1.76. The monoisotopic (exact) mass is 143 g/mol. The normalized spacial score (nSPS) is 9.89. The summed E-state index contributed by atoms with van der Waals surface area (Å²) < 4.78 is 0. The number of hydrogen-bond acceptors (Lipinski definition) is 4. The zero-order chi connectivity index (χ0) is 6.69. The molecule has 0 saturated heterocycles. The van der Waals surface area contributed by atoms with E-state index in [0.717, 1.165) is 11.6 Å². The van der Waals surface area contributed by atoms with Crippen molar-refractivity contribution in [2.45, 2.75) is 6.54 Å². The molecule has 0 aliphatic rings. The van der Waals surface area contributed by atoms with Gasteiger partial charge >= 0.3 is 0 Å². The summed E-state index contributed by atoms with van der Waals surface area (Å²) in [5.74, 6) is 0.616. The molecule has 0 radical (unpaired) electrons. The molecule has 9 heavy (non-hydrogen) atoms. The number of thiazole rings is 1. The lowest BCUT2D eigenvalue weighted by atomic mass is 10.7. The Kier molecular flexibility index (Phi) is 2.02. The van der Waals surface area contributed by atoms with Crippen molar-refractivity contribution in [1.82, 2.24) is 10.3 Å². The lowest BCUT2D eigenvalue weighted by Gasteiger charge is -1.88. The van der Waals surface area contributed by atoms with E-state index in [2.05, 4.69) is 10.3 Å². The van der Waals surface area contributed by atoms with Gasteiger partial charge in [0, 0.05) is 11.9 Å². The SMILES string of the molecule is CNCc1nc(N)cs1. The molecule has 0 unspecified atom stereocenters. The highest BCUT2D eigenvalue weighted by atomic mass is 32.1. The summed E-state index contributed by atoms with van der Waals surface area (Å²) in [7, 11) is 1.89. The second-order valence-corrected chi connectivity index (χ2v) is 2.64. The van der Waals surface area contributed by atoms with E-state index in [4.69, 9.17) is 5.73 Å². The van der Waals surface area contributed by atoms with Crippen LogP contribution < -0.4 is 11.1 Å². The number of nitrogen functional groups attached to an aromatic ring is 1. The Labute approximate surface area is 57.9 Å².